The molecule has 0 radical (unpaired) electrons. The summed E-state index contributed by atoms with van der Waals surface area (Å²) in [6, 6.07) is 16.2. The van der Waals surface area contributed by atoms with Gasteiger partial charge in [0.25, 0.3) is 5.91 Å². The average Bonchev–Trinajstić information content (AvgIpc) is 2.61. The van der Waals surface area contributed by atoms with E-state index in [1.54, 1.807) is 24.3 Å². The van der Waals surface area contributed by atoms with Crippen LogP contribution in [0.25, 0.3) is 0 Å². The number of carbonyl (C=O) groups is 2. The van der Waals surface area contributed by atoms with Gasteiger partial charge in [-0.3, -0.25) is 9.59 Å². The van der Waals surface area contributed by atoms with Crippen molar-refractivity contribution < 1.29 is 9.59 Å². The second kappa shape index (κ2) is 9.56. The maximum Gasteiger partial charge on any atom is 0.253 e. The number of amides is 2. The number of nitrogens with zero attached hydrogens (tertiary/aromatic N) is 1. The molecule has 0 saturated carbocycles. The van der Waals surface area contributed by atoms with Crippen molar-refractivity contribution in [1.82, 2.24) is 10.2 Å². The molecule has 144 valence electrons. The van der Waals surface area contributed by atoms with Crippen molar-refractivity contribution in [3.05, 3.63) is 70.7 Å². The van der Waals surface area contributed by atoms with Gasteiger partial charge in [-0.05, 0) is 45.4 Å². The van der Waals surface area contributed by atoms with Crippen LogP contribution < -0.4 is 5.32 Å². The van der Waals surface area contributed by atoms with Crippen LogP contribution in [-0.2, 0) is 4.79 Å². The summed E-state index contributed by atoms with van der Waals surface area (Å²) in [5.41, 5.74) is 1.29. The minimum Gasteiger partial charge on any atom is -0.345 e. The van der Waals surface area contributed by atoms with Crippen LogP contribution in [0.5, 0.6) is 0 Å². The first-order valence-electron chi connectivity index (χ1n) is 9.22. The van der Waals surface area contributed by atoms with Gasteiger partial charge in [0.05, 0.1) is 23.0 Å². The molecule has 0 fully saturated rings. The van der Waals surface area contributed by atoms with Gasteiger partial charge >= 0.3 is 0 Å². The summed E-state index contributed by atoms with van der Waals surface area (Å²) in [6.07, 6.45) is 0.191. The Labute approximate surface area is 166 Å². The van der Waals surface area contributed by atoms with Gasteiger partial charge < -0.3 is 10.2 Å². The molecule has 0 aliphatic rings. The lowest BCUT2D eigenvalue weighted by Gasteiger charge is -2.32. The van der Waals surface area contributed by atoms with Crippen LogP contribution in [0.4, 0.5) is 0 Å². The van der Waals surface area contributed by atoms with Crippen molar-refractivity contribution >= 4 is 23.4 Å². The van der Waals surface area contributed by atoms with Crippen molar-refractivity contribution in [3.63, 3.8) is 0 Å². The molecule has 27 heavy (non-hydrogen) atoms. The molecule has 2 rings (SSSR count). The van der Waals surface area contributed by atoms with Crippen LogP contribution in [-0.4, -0.2) is 28.8 Å². The van der Waals surface area contributed by atoms with E-state index in [2.05, 4.69) is 5.32 Å². The van der Waals surface area contributed by atoms with Gasteiger partial charge in [0.2, 0.25) is 5.91 Å². The minimum absolute atomic E-state index is 0.00770. The van der Waals surface area contributed by atoms with Crippen LogP contribution in [0.2, 0.25) is 5.02 Å². The third kappa shape index (κ3) is 5.57. The molecule has 0 aliphatic heterocycles. The SMILES string of the molecule is CC(C)N(C(=O)CC(NC(=O)c1ccccc1Cl)c1ccccc1)C(C)C. The lowest BCUT2D eigenvalue weighted by molar-refractivity contribution is -0.135. The van der Waals surface area contributed by atoms with Crippen molar-refractivity contribution in [3.8, 4) is 0 Å². The number of hydrogen-bond donors (Lipinski definition) is 1. The van der Waals surface area contributed by atoms with E-state index in [-0.39, 0.29) is 30.3 Å². The Morgan fingerprint density at radius 2 is 1.48 bits per heavy atom. The summed E-state index contributed by atoms with van der Waals surface area (Å²) < 4.78 is 0. The van der Waals surface area contributed by atoms with Crippen molar-refractivity contribution in [1.29, 1.82) is 0 Å². The molecule has 4 nitrogen and oxygen atoms in total. The molecule has 2 aromatic rings. The summed E-state index contributed by atoms with van der Waals surface area (Å²) in [6.45, 7) is 7.99. The third-order valence-electron chi connectivity index (χ3n) is 4.41. The first-order valence-corrected chi connectivity index (χ1v) is 9.60. The Morgan fingerprint density at radius 3 is 2.04 bits per heavy atom. The fourth-order valence-electron chi connectivity index (χ4n) is 3.27. The Morgan fingerprint density at radius 1 is 0.926 bits per heavy atom. The standard InChI is InChI=1S/C22H27ClN2O2/c1-15(2)25(16(3)4)21(26)14-20(17-10-6-5-7-11-17)24-22(27)18-12-8-9-13-19(18)23/h5-13,15-16,20H,14H2,1-4H3,(H,24,27). The van der Waals surface area contributed by atoms with Gasteiger partial charge in [0.1, 0.15) is 0 Å². The topological polar surface area (TPSA) is 49.4 Å². The summed E-state index contributed by atoms with van der Waals surface area (Å²) in [4.78, 5) is 27.5. The number of carbonyl (C=O) groups excluding carboxylic acids is 2. The zero-order valence-electron chi connectivity index (χ0n) is 16.3. The van der Waals surface area contributed by atoms with Gasteiger partial charge in [0, 0.05) is 12.1 Å². The van der Waals surface area contributed by atoms with Gasteiger partial charge in [-0.1, -0.05) is 54.1 Å². The van der Waals surface area contributed by atoms with Gasteiger partial charge in [0.15, 0.2) is 0 Å². The molecular formula is C22H27ClN2O2. The van der Waals surface area contributed by atoms with E-state index in [0.29, 0.717) is 10.6 Å². The fraction of sp³-hybridized carbons (Fsp3) is 0.364. The van der Waals surface area contributed by atoms with E-state index in [4.69, 9.17) is 11.6 Å². The molecule has 0 aromatic heterocycles. The van der Waals surface area contributed by atoms with E-state index in [1.807, 2.05) is 62.9 Å². The number of rotatable bonds is 7. The summed E-state index contributed by atoms with van der Waals surface area (Å²) >= 11 is 6.15. The zero-order chi connectivity index (χ0) is 20.0. The highest BCUT2D eigenvalue weighted by Crippen LogP contribution is 2.22. The van der Waals surface area contributed by atoms with Crippen LogP contribution >= 0.6 is 11.6 Å². The number of halogens is 1. The highest BCUT2D eigenvalue weighted by molar-refractivity contribution is 6.33. The summed E-state index contributed by atoms with van der Waals surface area (Å²) in [5, 5.41) is 3.37. The maximum absolute atomic E-state index is 12.9. The zero-order valence-corrected chi connectivity index (χ0v) is 17.0. The van der Waals surface area contributed by atoms with Gasteiger partial charge in [-0.25, -0.2) is 0 Å². The van der Waals surface area contributed by atoms with Gasteiger partial charge in [-0.2, -0.15) is 0 Å². The second-order valence-electron chi connectivity index (χ2n) is 7.11. The lowest BCUT2D eigenvalue weighted by Crippen LogP contribution is -2.44. The molecule has 0 bridgehead atoms. The highest BCUT2D eigenvalue weighted by Gasteiger charge is 2.26. The van der Waals surface area contributed by atoms with Crippen LogP contribution in [0.3, 0.4) is 0 Å². The first kappa shape index (κ1) is 21.0. The number of hydrogen-bond acceptors (Lipinski definition) is 2. The molecule has 2 aromatic carbocycles. The molecule has 0 saturated heterocycles. The monoisotopic (exact) mass is 386 g/mol. The van der Waals surface area contributed by atoms with E-state index in [9.17, 15) is 9.59 Å². The summed E-state index contributed by atoms with van der Waals surface area (Å²) in [5.74, 6) is -0.281. The predicted molar refractivity (Wildman–Crippen MR) is 110 cm³/mol. The van der Waals surface area contributed by atoms with Gasteiger partial charge in [-0.15, -0.1) is 0 Å². The molecule has 1 unspecified atom stereocenters. The molecule has 0 spiro atoms. The van der Waals surface area contributed by atoms with Crippen LogP contribution in [0.15, 0.2) is 54.6 Å². The number of nitrogens with one attached hydrogen (secondary N) is 1. The van der Waals surface area contributed by atoms with Crippen LogP contribution in [0.1, 0.15) is 56.1 Å². The van der Waals surface area contributed by atoms with Crippen molar-refractivity contribution in [2.75, 3.05) is 0 Å². The molecule has 1 N–H and O–H groups in total. The van der Waals surface area contributed by atoms with Crippen LogP contribution in [0, 0.1) is 0 Å². The van der Waals surface area contributed by atoms with E-state index >= 15 is 0 Å². The van der Waals surface area contributed by atoms with E-state index in [0.717, 1.165) is 5.56 Å². The second-order valence-corrected chi connectivity index (χ2v) is 7.52. The number of benzene rings is 2. The fourth-order valence-corrected chi connectivity index (χ4v) is 3.49. The summed E-state index contributed by atoms with van der Waals surface area (Å²) in [7, 11) is 0. The molecule has 2 amide bonds. The molecule has 1 atom stereocenters. The van der Waals surface area contributed by atoms with Crippen molar-refractivity contribution in [2.24, 2.45) is 0 Å². The normalized spacial score (nSPS) is 12.1. The Kier molecular flexibility index (Phi) is 7.43. The smallest absolute Gasteiger partial charge is 0.253 e. The molecule has 5 heteroatoms. The lowest BCUT2D eigenvalue weighted by atomic mass is 10.0. The first-order chi connectivity index (χ1) is 12.8. The maximum atomic E-state index is 12.9. The highest BCUT2D eigenvalue weighted by atomic mass is 35.5. The Hall–Kier alpha value is -2.33. The van der Waals surface area contributed by atoms with E-state index < -0.39 is 6.04 Å². The van der Waals surface area contributed by atoms with Crippen molar-refractivity contribution in [2.45, 2.75) is 52.2 Å². The predicted octanol–water partition coefficient (Wildman–Crippen LogP) is 4.85. The molecular weight excluding hydrogens is 360 g/mol. The Bertz CT molecular complexity index is 767. The molecule has 0 heterocycles. The third-order valence-corrected chi connectivity index (χ3v) is 4.73. The molecule has 0 aliphatic carbocycles. The average molecular weight is 387 g/mol. The Balaban J connectivity index is 2.26. The van der Waals surface area contributed by atoms with E-state index in [1.165, 1.54) is 0 Å². The quantitative estimate of drug-likeness (QED) is 0.739. The largest absolute Gasteiger partial charge is 0.345 e. The minimum atomic E-state index is -0.428.